The lowest BCUT2D eigenvalue weighted by Crippen LogP contribution is -2.48. The number of carboxylic acids is 1. The van der Waals surface area contributed by atoms with Gasteiger partial charge in [0.25, 0.3) is 0 Å². The molecule has 64 valence electrons. The van der Waals surface area contributed by atoms with Gasteiger partial charge in [0.05, 0.1) is 18.1 Å². The predicted molar refractivity (Wildman–Crippen MR) is 36.9 cm³/mol. The minimum Gasteiger partial charge on any atom is -0.481 e. The first-order valence-electron chi connectivity index (χ1n) is 3.05. The quantitative estimate of drug-likeness (QED) is 0.447. The van der Waals surface area contributed by atoms with Crippen LogP contribution >= 0.6 is 0 Å². The highest BCUT2D eigenvalue weighted by Gasteiger charge is 2.31. The van der Waals surface area contributed by atoms with Crippen molar-refractivity contribution in [2.75, 3.05) is 0 Å². The Hall–Kier alpha value is -0.940. The van der Waals surface area contributed by atoms with Crippen LogP contribution in [0, 0.1) is 0 Å². The van der Waals surface area contributed by atoms with Crippen molar-refractivity contribution in [3.63, 3.8) is 0 Å². The van der Waals surface area contributed by atoms with E-state index in [9.17, 15) is 14.7 Å². The van der Waals surface area contributed by atoms with Gasteiger partial charge in [-0.1, -0.05) is 0 Å². The van der Waals surface area contributed by atoms with E-state index in [1.54, 1.807) is 0 Å². The molecular formula is C6H11NO4. The summed E-state index contributed by atoms with van der Waals surface area (Å²) in [5.41, 5.74) is 3.46. The Morgan fingerprint density at radius 1 is 1.82 bits per heavy atom. The second kappa shape index (κ2) is 3.45. The first-order valence-corrected chi connectivity index (χ1v) is 3.05. The largest absolute Gasteiger partial charge is 0.481 e. The second-order valence-corrected chi connectivity index (χ2v) is 2.59. The lowest BCUT2D eigenvalue weighted by atomic mass is 9.95. The van der Waals surface area contributed by atoms with Gasteiger partial charge < -0.3 is 20.7 Å². The van der Waals surface area contributed by atoms with E-state index in [1.807, 2.05) is 0 Å². The van der Waals surface area contributed by atoms with E-state index in [0.29, 0.717) is 6.29 Å². The highest BCUT2D eigenvalue weighted by Crippen LogP contribution is 2.11. The highest BCUT2D eigenvalue weighted by molar-refractivity contribution is 5.70. The van der Waals surface area contributed by atoms with Crippen LogP contribution < -0.4 is 5.73 Å². The van der Waals surface area contributed by atoms with Gasteiger partial charge in [-0.15, -0.1) is 0 Å². The first-order chi connectivity index (χ1) is 4.90. The second-order valence-electron chi connectivity index (χ2n) is 2.59. The number of aliphatic carboxylic acids is 1. The number of carbonyl (C=O) groups is 2. The van der Waals surface area contributed by atoms with E-state index in [4.69, 9.17) is 10.8 Å². The zero-order valence-corrected chi connectivity index (χ0v) is 6.15. The average Bonchev–Trinajstić information content (AvgIpc) is 1.83. The maximum atomic E-state index is 10.1. The molecule has 2 atom stereocenters. The van der Waals surface area contributed by atoms with Crippen LogP contribution in [0.5, 0.6) is 0 Å². The molecule has 0 spiro atoms. The maximum absolute atomic E-state index is 10.1. The molecule has 0 amide bonds. The van der Waals surface area contributed by atoms with Gasteiger partial charge in [-0.2, -0.15) is 0 Å². The van der Waals surface area contributed by atoms with Crippen molar-refractivity contribution in [2.45, 2.75) is 25.0 Å². The molecule has 0 aliphatic carbocycles. The number of hydrogen-bond donors (Lipinski definition) is 3. The Kier molecular flexibility index (Phi) is 3.16. The summed E-state index contributed by atoms with van der Waals surface area (Å²) in [6, 6.07) is -1.15. The van der Waals surface area contributed by atoms with Crippen molar-refractivity contribution >= 4 is 12.3 Å². The fourth-order valence-corrected chi connectivity index (χ4v) is 0.571. The molecule has 0 saturated heterocycles. The van der Waals surface area contributed by atoms with Crippen LogP contribution in [0.25, 0.3) is 0 Å². The van der Waals surface area contributed by atoms with Crippen LogP contribution in [0.15, 0.2) is 0 Å². The Balaban J connectivity index is 4.19. The van der Waals surface area contributed by atoms with Crippen molar-refractivity contribution < 1.29 is 19.8 Å². The Labute approximate surface area is 63.8 Å². The van der Waals surface area contributed by atoms with Gasteiger partial charge >= 0.3 is 5.97 Å². The number of hydrogen-bond acceptors (Lipinski definition) is 4. The Morgan fingerprint density at radius 3 is 2.55 bits per heavy atom. The summed E-state index contributed by atoms with van der Waals surface area (Å²) in [6.07, 6.45) is -0.212. The molecule has 0 aliphatic rings. The first kappa shape index (κ1) is 10.1. The predicted octanol–water partition coefficient (Wildman–Crippen LogP) is -1.26. The van der Waals surface area contributed by atoms with E-state index >= 15 is 0 Å². The number of nitrogens with two attached hydrogens (primary N) is 1. The molecule has 0 aromatic heterocycles. The molecule has 1 unspecified atom stereocenters. The molecule has 5 nitrogen and oxygen atoms in total. The maximum Gasteiger partial charge on any atom is 0.306 e. The van der Waals surface area contributed by atoms with Gasteiger partial charge in [-0.05, 0) is 6.92 Å². The van der Waals surface area contributed by atoms with Crippen LogP contribution in [-0.4, -0.2) is 34.1 Å². The lowest BCUT2D eigenvalue weighted by molar-refractivity contribution is -0.143. The summed E-state index contributed by atoms with van der Waals surface area (Å²) in [6.45, 7) is 1.21. The summed E-state index contributed by atoms with van der Waals surface area (Å²) in [7, 11) is 0. The zero-order valence-electron chi connectivity index (χ0n) is 6.15. The number of carboxylic acid groups (broad SMARTS) is 1. The van der Waals surface area contributed by atoms with Gasteiger partial charge in [0.15, 0.2) is 0 Å². The smallest absolute Gasteiger partial charge is 0.306 e. The number of rotatable bonds is 4. The zero-order chi connectivity index (χ0) is 9.07. The van der Waals surface area contributed by atoms with Crippen molar-refractivity contribution in [1.29, 1.82) is 0 Å². The van der Waals surface area contributed by atoms with E-state index in [-0.39, 0.29) is 0 Å². The van der Waals surface area contributed by atoms with Crippen LogP contribution in [-0.2, 0) is 9.59 Å². The lowest BCUT2D eigenvalue weighted by Gasteiger charge is -2.23. The summed E-state index contributed by atoms with van der Waals surface area (Å²) in [5, 5.41) is 17.5. The summed E-state index contributed by atoms with van der Waals surface area (Å²) in [4.78, 5) is 20.2. The summed E-state index contributed by atoms with van der Waals surface area (Å²) < 4.78 is 0. The highest BCUT2D eigenvalue weighted by atomic mass is 16.4. The summed E-state index contributed by atoms with van der Waals surface area (Å²) >= 11 is 0. The van der Waals surface area contributed by atoms with Crippen molar-refractivity contribution in [1.82, 2.24) is 0 Å². The molecule has 0 rings (SSSR count). The molecule has 0 aromatic rings. The molecule has 0 radical (unpaired) electrons. The van der Waals surface area contributed by atoms with Gasteiger partial charge in [0.2, 0.25) is 0 Å². The van der Waals surface area contributed by atoms with Gasteiger partial charge in [0, 0.05) is 0 Å². The van der Waals surface area contributed by atoms with E-state index in [1.165, 1.54) is 6.92 Å². The SMILES string of the molecule is CC(O)(CC(=O)O)[C@H](N)C=O. The topological polar surface area (TPSA) is 101 Å². The van der Waals surface area contributed by atoms with Crippen molar-refractivity contribution in [3.05, 3.63) is 0 Å². The van der Waals surface area contributed by atoms with Crippen molar-refractivity contribution in [2.24, 2.45) is 5.73 Å². The third-order valence-corrected chi connectivity index (χ3v) is 1.37. The van der Waals surface area contributed by atoms with E-state index in [2.05, 4.69) is 0 Å². The fourth-order valence-electron chi connectivity index (χ4n) is 0.571. The van der Waals surface area contributed by atoms with Gasteiger partial charge in [-0.25, -0.2) is 0 Å². The van der Waals surface area contributed by atoms with Crippen LogP contribution in [0.4, 0.5) is 0 Å². The Bertz CT molecular complexity index is 166. The summed E-state index contributed by atoms with van der Waals surface area (Å²) in [5.74, 6) is -1.19. The van der Waals surface area contributed by atoms with Crippen molar-refractivity contribution in [3.8, 4) is 0 Å². The van der Waals surface area contributed by atoms with E-state index in [0.717, 1.165) is 0 Å². The molecule has 0 bridgehead atoms. The molecule has 5 heteroatoms. The number of aldehydes is 1. The normalized spacial score (nSPS) is 18.5. The van der Waals surface area contributed by atoms with E-state index < -0.39 is 24.0 Å². The third kappa shape index (κ3) is 3.10. The molecule has 0 fully saturated rings. The van der Waals surface area contributed by atoms with Crippen LogP contribution in [0.2, 0.25) is 0 Å². The molecular weight excluding hydrogens is 150 g/mol. The number of aliphatic hydroxyl groups is 1. The Morgan fingerprint density at radius 2 is 2.27 bits per heavy atom. The minimum atomic E-state index is -1.66. The van der Waals surface area contributed by atoms with Crippen LogP contribution in [0.3, 0.4) is 0 Å². The molecule has 0 heterocycles. The molecule has 4 N–H and O–H groups in total. The number of carbonyl (C=O) groups excluding carboxylic acids is 1. The molecule has 0 saturated carbocycles. The standard InChI is InChI=1S/C6H11NO4/c1-6(11,2-5(9)10)4(7)3-8/h3-4,11H,2,7H2,1H3,(H,9,10)/t4-,6?/m1/s1. The molecule has 11 heavy (non-hydrogen) atoms. The van der Waals surface area contributed by atoms with Gasteiger partial charge in [-0.3, -0.25) is 4.79 Å². The monoisotopic (exact) mass is 161 g/mol. The minimum absolute atomic E-state index is 0.322. The molecule has 0 aliphatic heterocycles. The fraction of sp³-hybridized carbons (Fsp3) is 0.667. The van der Waals surface area contributed by atoms with Crippen LogP contribution in [0.1, 0.15) is 13.3 Å². The molecule has 0 aromatic carbocycles. The van der Waals surface area contributed by atoms with Gasteiger partial charge in [0.1, 0.15) is 6.29 Å². The average molecular weight is 161 g/mol. The third-order valence-electron chi connectivity index (χ3n) is 1.37.